The molecule has 0 spiro atoms. The van der Waals surface area contributed by atoms with Crippen LogP contribution in [0.25, 0.3) is 0 Å². The SMILES string of the molecule is COc1ccc(C#CCN)c(CN2CCOC(CO)C2)c1. The highest BCUT2D eigenvalue weighted by atomic mass is 16.5. The Morgan fingerprint density at radius 2 is 2.38 bits per heavy atom. The van der Waals surface area contributed by atoms with Crippen molar-refractivity contribution in [2.24, 2.45) is 5.73 Å². The van der Waals surface area contributed by atoms with Gasteiger partial charge in [-0.1, -0.05) is 11.8 Å². The summed E-state index contributed by atoms with van der Waals surface area (Å²) in [6, 6.07) is 5.87. The lowest BCUT2D eigenvalue weighted by Crippen LogP contribution is -2.43. The number of rotatable bonds is 4. The van der Waals surface area contributed by atoms with E-state index in [1.807, 2.05) is 18.2 Å². The smallest absolute Gasteiger partial charge is 0.119 e. The van der Waals surface area contributed by atoms with Crippen LogP contribution in [0, 0.1) is 11.8 Å². The Morgan fingerprint density at radius 1 is 1.52 bits per heavy atom. The Labute approximate surface area is 125 Å². The van der Waals surface area contributed by atoms with Gasteiger partial charge in [0.05, 0.1) is 33.0 Å². The topological polar surface area (TPSA) is 68.0 Å². The Kier molecular flexibility index (Phi) is 6.03. The Hall–Kier alpha value is -1.58. The number of aliphatic hydroxyl groups is 1. The van der Waals surface area contributed by atoms with E-state index in [1.54, 1.807) is 7.11 Å². The predicted octanol–water partition coefficient (Wildman–Crippen LogP) is 0.199. The number of methoxy groups -OCH3 is 1. The molecule has 2 rings (SSSR count). The van der Waals surface area contributed by atoms with Crippen LogP contribution < -0.4 is 10.5 Å². The highest BCUT2D eigenvalue weighted by Gasteiger charge is 2.20. The lowest BCUT2D eigenvalue weighted by atomic mass is 10.1. The first-order valence-corrected chi connectivity index (χ1v) is 7.07. The van der Waals surface area contributed by atoms with Gasteiger partial charge in [-0.25, -0.2) is 0 Å². The number of aliphatic hydroxyl groups excluding tert-OH is 1. The van der Waals surface area contributed by atoms with Crippen LogP contribution in [0.5, 0.6) is 5.75 Å². The van der Waals surface area contributed by atoms with E-state index in [0.717, 1.165) is 36.5 Å². The minimum Gasteiger partial charge on any atom is -0.497 e. The van der Waals surface area contributed by atoms with Gasteiger partial charge in [0.2, 0.25) is 0 Å². The van der Waals surface area contributed by atoms with Crippen molar-refractivity contribution in [3.05, 3.63) is 29.3 Å². The van der Waals surface area contributed by atoms with Gasteiger partial charge in [-0.2, -0.15) is 0 Å². The van der Waals surface area contributed by atoms with Gasteiger partial charge in [0.25, 0.3) is 0 Å². The van der Waals surface area contributed by atoms with Gasteiger partial charge in [-0.3, -0.25) is 4.90 Å². The zero-order chi connectivity index (χ0) is 15.1. The summed E-state index contributed by atoms with van der Waals surface area (Å²) in [5.74, 6) is 6.81. The van der Waals surface area contributed by atoms with Crippen molar-refractivity contribution in [2.45, 2.75) is 12.6 Å². The molecule has 0 bridgehead atoms. The molecule has 5 nitrogen and oxygen atoms in total. The molecule has 5 heteroatoms. The molecule has 0 aromatic heterocycles. The van der Waals surface area contributed by atoms with Crippen molar-refractivity contribution in [3.63, 3.8) is 0 Å². The normalized spacial score (nSPS) is 18.9. The summed E-state index contributed by atoms with van der Waals surface area (Å²) in [7, 11) is 1.65. The summed E-state index contributed by atoms with van der Waals surface area (Å²) in [4.78, 5) is 2.26. The first kappa shape index (κ1) is 15.8. The van der Waals surface area contributed by atoms with E-state index in [-0.39, 0.29) is 12.7 Å². The summed E-state index contributed by atoms with van der Waals surface area (Å²) in [6.45, 7) is 3.35. The molecule has 21 heavy (non-hydrogen) atoms. The van der Waals surface area contributed by atoms with Gasteiger partial charge < -0.3 is 20.3 Å². The van der Waals surface area contributed by atoms with Crippen molar-refractivity contribution in [2.75, 3.05) is 40.0 Å². The molecule has 0 radical (unpaired) electrons. The van der Waals surface area contributed by atoms with Crippen LogP contribution in [0.2, 0.25) is 0 Å². The standard InChI is InChI=1S/C16H22N2O3/c1-20-15-5-4-13(3-2-6-17)14(9-15)10-18-7-8-21-16(11-18)12-19/h4-5,9,16,19H,6-8,10-12,17H2,1H3. The van der Waals surface area contributed by atoms with Gasteiger partial charge in [0.15, 0.2) is 0 Å². The van der Waals surface area contributed by atoms with Crippen LogP contribution in [-0.2, 0) is 11.3 Å². The van der Waals surface area contributed by atoms with Crippen molar-refractivity contribution in [3.8, 4) is 17.6 Å². The molecular formula is C16H22N2O3. The van der Waals surface area contributed by atoms with E-state index in [2.05, 4.69) is 16.7 Å². The van der Waals surface area contributed by atoms with E-state index in [0.29, 0.717) is 13.2 Å². The van der Waals surface area contributed by atoms with E-state index < -0.39 is 0 Å². The minimum atomic E-state index is -0.108. The first-order chi connectivity index (χ1) is 10.3. The number of benzene rings is 1. The monoisotopic (exact) mass is 290 g/mol. The molecule has 114 valence electrons. The Balaban J connectivity index is 2.16. The molecule has 1 aromatic carbocycles. The molecule has 1 aliphatic heterocycles. The summed E-state index contributed by atoms with van der Waals surface area (Å²) >= 11 is 0. The van der Waals surface area contributed by atoms with E-state index >= 15 is 0 Å². The summed E-state index contributed by atoms with van der Waals surface area (Å²) < 4.78 is 10.8. The number of ether oxygens (including phenoxy) is 2. The second-order valence-electron chi connectivity index (χ2n) is 4.94. The zero-order valence-electron chi connectivity index (χ0n) is 12.3. The van der Waals surface area contributed by atoms with E-state index in [9.17, 15) is 5.11 Å². The van der Waals surface area contributed by atoms with Crippen LogP contribution >= 0.6 is 0 Å². The molecule has 0 aliphatic carbocycles. The third-order valence-corrected chi connectivity index (χ3v) is 3.46. The molecule has 3 N–H and O–H groups in total. The van der Waals surface area contributed by atoms with Crippen LogP contribution in [-0.4, -0.2) is 56.1 Å². The maximum Gasteiger partial charge on any atom is 0.119 e. The molecule has 1 fully saturated rings. The molecule has 1 aliphatic rings. The summed E-state index contributed by atoms with van der Waals surface area (Å²) in [5, 5.41) is 9.22. The number of hydrogen-bond acceptors (Lipinski definition) is 5. The second-order valence-corrected chi connectivity index (χ2v) is 4.94. The number of nitrogens with two attached hydrogens (primary N) is 1. The van der Waals surface area contributed by atoms with Crippen molar-refractivity contribution in [1.82, 2.24) is 4.90 Å². The second kappa shape index (κ2) is 8.01. The summed E-state index contributed by atoms with van der Waals surface area (Å²) in [5.41, 5.74) is 7.52. The molecule has 1 heterocycles. The molecular weight excluding hydrogens is 268 g/mol. The zero-order valence-corrected chi connectivity index (χ0v) is 12.3. The number of nitrogens with zero attached hydrogens (tertiary/aromatic N) is 1. The van der Waals surface area contributed by atoms with Gasteiger partial charge in [-0.15, -0.1) is 0 Å². The van der Waals surface area contributed by atoms with Crippen LogP contribution in [0.4, 0.5) is 0 Å². The van der Waals surface area contributed by atoms with Crippen LogP contribution in [0.1, 0.15) is 11.1 Å². The average Bonchev–Trinajstić information content (AvgIpc) is 2.53. The van der Waals surface area contributed by atoms with Crippen molar-refractivity contribution < 1.29 is 14.6 Å². The fourth-order valence-corrected chi connectivity index (χ4v) is 2.37. The maximum atomic E-state index is 9.22. The molecule has 1 unspecified atom stereocenters. The fraction of sp³-hybridized carbons (Fsp3) is 0.500. The van der Waals surface area contributed by atoms with Crippen molar-refractivity contribution >= 4 is 0 Å². The third-order valence-electron chi connectivity index (χ3n) is 3.46. The van der Waals surface area contributed by atoms with Gasteiger partial charge in [0.1, 0.15) is 5.75 Å². The quantitative estimate of drug-likeness (QED) is 0.775. The predicted molar refractivity (Wildman–Crippen MR) is 81.0 cm³/mol. The lowest BCUT2D eigenvalue weighted by Gasteiger charge is -2.32. The molecule has 1 atom stereocenters. The van der Waals surface area contributed by atoms with E-state index in [1.165, 1.54) is 0 Å². The third kappa shape index (κ3) is 4.45. The average molecular weight is 290 g/mol. The fourth-order valence-electron chi connectivity index (χ4n) is 2.37. The van der Waals surface area contributed by atoms with Gasteiger partial charge in [0, 0.05) is 25.2 Å². The van der Waals surface area contributed by atoms with Crippen molar-refractivity contribution in [1.29, 1.82) is 0 Å². The van der Waals surface area contributed by atoms with E-state index in [4.69, 9.17) is 15.2 Å². The molecule has 0 saturated carbocycles. The van der Waals surface area contributed by atoms with Crippen LogP contribution in [0.15, 0.2) is 18.2 Å². The van der Waals surface area contributed by atoms with Crippen LogP contribution in [0.3, 0.4) is 0 Å². The minimum absolute atomic E-state index is 0.0500. The largest absolute Gasteiger partial charge is 0.497 e. The molecule has 1 aromatic rings. The Morgan fingerprint density at radius 3 is 3.10 bits per heavy atom. The first-order valence-electron chi connectivity index (χ1n) is 7.07. The number of morpholine rings is 1. The molecule has 1 saturated heterocycles. The highest BCUT2D eigenvalue weighted by Crippen LogP contribution is 2.20. The number of hydrogen-bond donors (Lipinski definition) is 2. The van der Waals surface area contributed by atoms with Gasteiger partial charge >= 0.3 is 0 Å². The Bertz CT molecular complexity index is 522. The summed E-state index contributed by atoms with van der Waals surface area (Å²) in [6.07, 6.45) is -0.108. The van der Waals surface area contributed by atoms with Gasteiger partial charge in [-0.05, 0) is 23.8 Å². The molecule has 0 amide bonds. The lowest BCUT2D eigenvalue weighted by molar-refractivity contribution is -0.0551. The maximum absolute atomic E-state index is 9.22. The highest BCUT2D eigenvalue weighted by molar-refractivity contribution is 5.45.